The second kappa shape index (κ2) is 9.43. The van der Waals surface area contributed by atoms with Gasteiger partial charge in [-0.25, -0.2) is 13.2 Å². The minimum absolute atomic E-state index is 0.0628. The average molecular weight is 467 g/mol. The van der Waals surface area contributed by atoms with Gasteiger partial charge in [-0.1, -0.05) is 66.7 Å². The molecule has 3 aromatic carbocycles. The van der Waals surface area contributed by atoms with Crippen LogP contribution in [0.25, 0.3) is 11.1 Å². The van der Waals surface area contributed by atoms with Crippen LogP contribution in [0, 0.1) is 0 Å². The molecule has 4 rings (SSSR count). The van der Waals surface area contributed by atoms with E-state index in [4.69, 9.17) is 4.74 Å². The fourth-order valence-corrected chi connectivity index (χ4v) is 5.08. The van der Waals surface area contributed by atoms with E-state index in [-0.39, 0.29) is 17.4 Å². The number of fused-ring (bicyclic) bond motifs is 3. The minimum atomic E-state index is -4.07. The van der Waals surface area contributed by atoms with Gasteiger partial charge in [-0.05, 0) is 34.4 Å². The number of benzene rings is 3. The molecule has 170 valence electrons. The molecule has 0 saturated carbocycles. The standard InChI is InChI=1S/C24H22N2O6S/c27-23(28)22(26-33(30,31)16-8-2-1-3-9-16)14-25-24(29)32-15-21-19-12-6-4-10-17(19)18-11-5-7-13-20(18)21/h1-13,21-22,26H,14-15H2,(H,25,29)(H,27,28). The van der Waals surface area contributed by atoms with Crippen molar-refractivity contribution in [3.05, 3.63) is 90.0 Å². The third kappa shape index (κ3) is 4.89. The molecule has 33 heavy (non-hydrogen) atoms. The Morgan fingerprint density at radius 2 is 1.42 bits per heavy atom. The summed E-state index contributed by atoms with van der Waals surface area (Å²) in [6.45, 7) is -0.411. The van der Waals surface area contributed by atoms with Crippen LogP contribution in [0.15, 0.2) is 83.8 Å². The zero-order valence-electron chi connectivity index (χ0n) is 17.5. The van der Waals surface area contributed by atoms with Crippen molar-refractivity contribution in [2.24, 2.45) is 0 Å². The number of amides is 1. The fraction of sp³-hybridized carbons (Fsp3) is 0.167. The van der Waals surface area contributed by atoms with Crippen LogP contribution in [-0.2, 0) is 19.6 Å². The predicted molar refractivity (Wildman–Crippen MR) is 121 cm³/mol. The highest BCUT2D eigenvalue weighted by Crippen LogP contribution is 2.44. The summed E-state index contributed by atoms with van der Waals surface area (Å²) in [4.78, 5) is 23.8. The second-order valence-electron chi connectivity index (χ2n) is 7.53. The minimum Gasteiger partial charge on any atom is -0.480 e. The Morgan fingerprint density at radius 3 is 2.00 bits per heavy atom. The van der Waals surface area contributed by atoms with Gasteiger partial charge >= 0.3 is 12.1 Å². The van der Waals surface area contributed by atoms with Gasteiger partial charge in [0.2, 0.25) is 10.0 Å². The van der Waals surface area contributed by atoms with Gasteiger partial charge in [0, 0.05) is 12.5 Å². The largest absolute Gasteiger partial charge is 0.480 e. The molecule has 0 aliphatic heterocycles. The van der Waals surface area contributed by atoms with Crippen LogP contribution < -0.4 is 10.0 Å². The molecule has 0 bridgehead atoms. The van der Waals surface area contributed by atoms with Crippen molar-refractivity contribution in [2.45, 2.75) is 16.9 Å². The third-order valence-corrected chi connectivity index (χ3v) is 6.93. The normalized spacial score (nSPS) is 13.6. The maximum atomic E-state index is 12.4. The molecule has 1 amide bonds. The smallest absolute Gasteiger partial charge is 0.407 e. The Balaban J connectivity index is 1.37. The van der Waals surface area contributed by atoms with Crippen molar-refractivity contribution in [2.75, 3.05) is 13.2 Å². The number of alkyl carbamates (subject to hydrolysis) is 1. The van der Waals surface area contributed by atoms with Gasteiger partial charge in [-0.2, -0.15) is 4.72 Å². The number of rotatable bonds is 8. The van der Waals surface area contributed by atoms with Crippen molar-refractivity contribution >= 4 is 22.1 Å². The second-order valence-corrected chi connectivity index (χ2v) is 9.25. The van der Waals surface area contributed by atoms with E-state index >= 15 is 0 Å². The number of carboxylic acid groups (broad SMARTS) is 1. The molecule has 0 aromatic heterocycles. The van der Waals surface area contributed by atoms with Crippen LogP contribution in [0.4, 0.5) is 4.79 Å². The topological polar surface area (TPSA) is 122 Å². The van der Waals surface area contributed by atoms with Gasteiger partial charge in [0.05, 0.1) is 4.90 Å². The first-order chi connectivity index (χ1) is 15.9. The van der Waals surface area contributed by atoms with Gasteiger partial charge < -0.3 is 15.2 Å². The summed E-state index contributed by atoms with van der Waals surface area (Å²) < 4.78 is 32.3. The zero-order chi connectivity index (χ0) is 23.4. The number of sulfonamides is 1. The number of hydrogen-bond acceptors (Lipinski definition) is 5. The van der Waals surface area contributed by atoms with Crippen LogP contribution in [0.5, 0.6) is 0 Å². The highest BCUT2D eigenvalue weighted by molar-refractivity contribution is 7.89. The first-order valence-corrected chi connectivity index (χ1v) is 11.7. The summed E-state index contributed by atoms with van der Waals surface area (Å²) >= 11 is 0. The van der Waals surface area contributed by atoms with E-state index in [0.717, 1.165) is 22.3 Å². The Hall–Kier alpha value is -3.69. The summed E-state index contributed by atoms with van der Waals surface area (Å²) in [7, 11) is -4.07. The van der Waals surface area contributed by atoms with Gasteiger partial charge in [0.15, 0.2) is 0 Å². The first kappa shape index (κ1) is 22.5. The molecular weight excluding hydrogens is 444 g/mol. The molecule has 9 heteroatoms. The molecule has 1 atom stereocenters. The molecule has 1 aliphatic rings. The Morgan fingerprint density at radius 1 is 0.879 bits per heavy atom. The highest BCUT2D eigenvalue weighted by Gasteiger charge is 2.30. The van der Waals surface area contributed by atoms with Crippen LogP contribution in [-0.4, -0.2) is 44.8 Å². The predicted octanol–water partition coefficient (Wildman–Crippen LogP) is 2.96. The van der Waals surface area contributed by atoms with E-state index in [1.165, 1.54) is 24.3 Å². The monoisotopic (exact) mass is 466 g/mol. The SMILES string of the molecule is O=C(NCC(NS(=O)(=O)c1ccccc1)C(=O)O)OCC1c2ccccc2-c2ccccc21. The van der Waals surface area contributed by atoms with Gasteiger partial charge in [-0.15, -0.1) is 0 Å². The van der Waals surface area contributed by atoms with Gasteiger partial charge in [0.1, 0.15) is 12.6 Å². The molecule has 0 spiro atoms. The molecule has 1 aliphatic carbocycles. The summed E-state index contributed by atoms with van der Waals surface area (Å²) in [6, 6.07) is 21.6. The maximum Gasteiger partial charge on any atom is 0.407 e. The lowest BCUT2D eigenvalue weighted by molar-refractivity contribution is -0.138. The average Bonchev–Trinajstić information content (AvgIpc) is 3.14. The number of ether oxygens (including phenoxy) is 1. The van der Waals surface area contributed by atoms with E-state index < -0.39 is 34.7 Å². The van der Waals surface area contributed by atoms with E-state index in [9.17, 15) is 23.1 Å². The van der Waals surface area contributed by atoms with Gasteiger partial charge in [-0.3, -0.25) is 4.79 Å². The quantitative estimate of drug-likeness (QED) is 0.469. The van der Waals surface area contributed by atoms with Crippen molar-refractivity contribution in [1.82, 2.24) is 10.0 Å². The lowest BCUT2D eigenvalue weighted by atomic mass is 9.98. The van der Waals surface area contributed by atoms with E-state index in [1.807, 2.05) is 48.5 Å². The van der Waals surface area contributed by atoms with Crippen molar-refractivity contribution in [3.63, 3.8) is 0 Å². The number of carbonyl (C=O) groups excluding carboxylic acids is 1. The number of carboxylic acids is 1. The number of carbonyl (C=O) groups is 2. The van der Waals surface area contributed by atoms with E-state index in [2.05, 4.69) is 10.0 Å². The lowest BCUT2D eigenvalue weighted by Gasteiger charge is -2.17. The zero-order valence-corrected chi connectivity index (χ0v) is 18.3. The number of aliphatic carboxylic acids is 1. The van der Waals surface area contributed by atoms with Crippen LogP contribution in [0.2, 0.25) is 0 Å². The van der Waals surface area contributed by atoms with Crippen LogP contribution in [0.3, 0.4) is 0 Å². The van der Waals surface area contributed by atoms with Crippen molar-refractivity contribution in [3.8, 4) is 11.1 Å². The summed E-state index contributed by atoms with van der Waals surface area (Å²) in [6.07, 6.45) is -0.831. The molecule has 0 fully saturated rings. The fourth-order valence-electron chi connectivity index (χ4n) is 3.87. The molecule has 0 radical (unpaired) electrons. The van der Waals surface area contributed by atoms with Crippen molar-refractivity contribution in [1.29, 1.82) is 0 Å². The highest BCUT2D eigenvalue weighted by atomic mass is 32.2. The summed E-state index contributed by atoms with van der Waals surface area (Å²) in [5.41, 5.74) is 4.27. The molecule has 1 unspecified atom stereocenters. The molecular formula is C24H22N2O6S. The first-order valence-electron chi connectivity index (χ1n) is 10.3. The van der Waals surface area contributed by atoms with E-state index in [0.29, 0.717) is 0 Å². The van der Waals surface area contributed by atoms with Gasteiger partial charge in [0.25, 0.3) is 0 Å². The Labute approximate surface area is 191 Å². The van der Waals surface area contributed by atoms with Crippen LogP contribution >= 0.6 is 0 Å². The molecule has 3 aromatic rings. The Bertz CT molecular complexity index is 1230. The van der Waals surface area contributed by atoms with Crippen molar-refractivity contribution < 1.29 is 27.9 Å². The summed E-state index contributed by atoms with van der Waals surface area (Å²) in [5, 5.41) is 11.7. The molecule has 3 N–H and O–H groups in total. The number of nitrogens with one attached hydrogen (secondary N) is 2. The van der Waals surface area contributed by atoms with E-state index in [1.54, 1.807) is 6.07 Å². The number of hydrogen-bond donors (Lipinski definition) is 3. The molecule has 0 heterocycles. The third-order valence-electron chi connectivity index (χ3n) is 5.44. The maximum absolute atomic E-state index is 12.4. The lowest BCUT2D eigenvalue weighted by Crippen LogP contribution is -2.48. The van der Waals surface area contributed by atoms with Crippen LogP contribution in [0.1, 0.15) is 17.0 Å². The molecule has 8 nitrogen and oxygen atoms in total. The summed E-state index contributed by atoms with van der Waals surface area (Å²) in [5.74, 6) is -1.57. The molecule has 0 saturated heterocycles. The Kier molecular flexibility index (Phi) is 6.43.